The van der Waals surface area contributed by atoms with E-state index in [9.17, 15) is 32.9 Å². The Balaban J connectivity index is 1.44. The quantitative estimate of drug-likeness (QED) is 0.142. The summed E-state index contributed by atoms with van der Waals surface area (Å²) in [6.45, 7) is -0.00352. The van der Waals surface area contributed by atoms with Gasteiger partial charge >= 0.3 is 11.7 Å². The van der Waals surface area contributed by atoms with Gasteiger partial charge < -0.3 is 14.8 Å². The van der Waals surface area contributed by atoms with Gasteiger partial charge in [0, 0.05) is 11.6 Å². The first-order valence-corrected chi connectivity index (χ1v) is 13.0. The molecular formula is C25H22ClN3O9S. The first-order valence-electron chi connectivity index (χ1n) is 11.2. The number of esters is 1. The highest BCUT2D eigenvalue weighted by Gasteiger charge is 2.20. The third-order valence-corrected chi connectivity index (χ3v) is 6.80. The number of sulfonamides is 1. The molecule has 39 heavy (non-hydrogen) atoms. The molecule has 14 heteroatoms. The van der Waals surface area contributed by atoms with Crippen molar-refractivity contribution in [2.75, 3.05) is 19.7 Å². The lowest BCUT2D eigenvalue weighted by Gasteiger charge is -2.09. The predicted molar refractivity (Wildman–Crippen MR) is 139 cm³/mol. The third-order valence-electron chi connectivity index (χ3n) is 5.09. The highest BCUT2D eigenvalue weighted by Crippen LogP contribution is 2.37. The molecule has 0 aliphatic carbocycles. The molecule has 1 amide bonds. The molecule has 3 aromatic carbocycles. The Hall–Kier alpha value is -4.33. The second kappa shape index (κ2) is 13.0. The number of para-hydroxylation sites is 1. The lowest BCUT2D eigenvalue weighted by atomic mass is 10.1. The molecule has 0 bridgehead atoms. The number of benzene rings is 3. The number of aryl methyl sites for hydroxylation is 1. The van der Waals surface area contributed by atoms with Gasteiger partial charge in [-0.25, -0.2) is 13.1 Å². The number of ether oxygens (including phenoxy) is 2. The molecule has 0 heterocycles. The Kier molecular flexibility index (Phi) is 9.71. The van der Waals surface area contributed by atoms with Gasteiger partial charge in [0.05, 0.1) is 21.4 Å². The minimum Gasteiger partial charge on any atom is -0.456 e. The SMILES string of the molecule is Cc1ccc(S(=O)(=O)NCC(=O)NCC(=O)OCC(=O)c2ccc(Oc3c(Cl)cccc3[N+](=O)[O-])cc2)cc1. The fourth-order valence-electron chi connectivity index (χ4n) is 3.04. The van der Waals surface area contributed by atoms with Gasteiger partial charge in [-0.3, -0.25) is 24.5 Å². The van der Waals surface area contributed by atoms with E-state index in [-0.39, 0.29) is 32.7 Å². The maximum atomic E-state index is 12.3. The number of carbonyl (C=O) groups excluding carboxylic acids is 3. The molecule has 0 radical (unpaired) electrons. The lowest BCUT2D eigenvalue weighted by Crippen LogP contribution is -2.39. The first-order chi connectivity index (χ1) is 18.5. The number of rotatable bonds is 12. The molecule has 0 unspecified atom stereocenters. The number of nitrogens with zero attached hydrogens (tertiary/aromatic N) is 1. The molecule has 3 rings (SSSR count). The van der Waals surface area contributed by atoms with Crippen LogP contribution in [0.1, 0.15) is 15.9 Å². The number of nitro groups is 1. The standard InChI is InChI=1S/C25H22ClN3O9S/c1-16-5-11-19(12-6-16)39(35,36)28-13-23(31)27-14-24(32)37-15-22(30)17-7-9-18(10-8-17)38-25-20(26)3-2-4-21(25)29(33)34/h2-12,28H,13-15H2,1H3,(H,27,31). The monoisotopic (exact) mass is 575 g/mol. The van der Waals surface area contributed by atoms with E-state index in [0.717, 1.165) is 5.56 Å². The number of amides is 1. The average molecular weight is 576 g/mol. The Morgan fingerprint density at radius 2 is 1.64 bits per heavy atom. The lowest BCUT2D eigenvalue weighted by molar-refractivity contribution is -0.385. The van der Waals surface area contributed by atoms with Gasteiger partial charge in [-0.1, -0.05) is 35.4 Å². The van der Waals surface area contributed by atoms with Crippen LogP contribution in [0.3, 0.4) is 0 Å². The van der Waals surface area contributed by atoms with Crippen LogP contribution < -0.4 is 14.8 Å². The zero-order valence-corrected chi connectivity index (χ0v) is 22.0. The maximum absolute atomic E-state index is 12.3. The molecule has 0 fully saturated rings. The van der Waals surface area contributed by atoms with Gasteiger partial charge in [0.1, 0.15) is 12.3 Å². The maximum Gasteiger partial charge on any atom is 0.325 e. The number of nitrogens with one attached hydrogen (secondary N) is 2. The van der Waals surface area contributed by atoms with Crippen LogP contribution in [0.5, 0.6) is 11.5 Å². The molecule has 12 nitrogen and oxygen atoms in total. The van der Waals surface area contributed by atoms with Gasteiger partial charge in [0.2, 0.25) is 21.7 Å². The van der Waals surface area contributed by atoms with E-state index >= 15 is 0 Å². The summed E-state index contributed by atoms with van der Waals surface area (Å²) in [7, 11) is -3.91. The minimum atomic E-state index is -3.91. The summed E-state index contributed by atoms with van der Waals surface area (Å²) in [5.41, 5.74) is 0.708. The summed E-state index contributed by atoms with van der Waals surface area (Å²) in [6, 6.07) is 15.6. The second-order valence-corrected chi connectivity index (χ2v) is 10.1. The number of Topliss-reactive ketones (excluding diaryl/α,β-unsaturated/α-hetero) is 1. The van der Waals surface area contributed by atoms with Gasteiger partial charge in [0.15, 0.2) is 12.4 Å². The highest BCUT2D eigenvalue weighted by atomic mass is 35.5. The summed E-state index contributed by atoms with van der Waals surface area (Å²) >= 11 is 6.00. The van der Waals surface area contributed by atoms with E-state index in [0.29, 0.717) is 0 Å². The minimum absolute atomic E-state index is 0.0106. The van der Waals surface area contributed by atoms with Crippen LogP contribution in [0.25, 0.3) is 0 Å². The number of hydrogen-bond acceptors (Lipinski definition) is 9. The van der Waals surface area contributed by atoms with Crippen molar-refractivity contribution in [1.82, 2.24) is 10.0 Å². The number of carbonyl (C=O) groups is 3. The van der Waals surface area contributed by atoms with Crippen molar-refractivity contribution < 1.29 is 37.2 Å². The van der Waals surface area contributed by atoms with Crippen LogP contribution >= 0.6 is 11.6 Å². The second-order valence-electron chi connectivity index (χ2n) is 7.97. The summed E-state index contributed by atoms with van der Waals surface area (Å²) in [5.74, 6) is -2.22. The van der Waals surface area contributed by atoms with Crippen LogP contribution in [0, 0.1) is 17.0 Å². The summed E-state index contributed by atoms with van der Waals surface area (Å²) in [6.07, 6.45) is 0. The van der Waals surface area contributed by atoms with Crippen LogP contribution in [-0.4, -0.2) is 50.7 Å². The third kappa shape index (κ3) is 8.33. The van der Waals surface area contributed by atoms with Crippen molar-refractivity contribution in [3.63, 3.8) is 0 Å². The zero-order chi connectivity index (χ0) is 28.6. The Morgan fingerprint density at radius 3 is 2.28 bits per heavy atom. The first kappa shape index (κ1) is 29.2. The zero-order valence-electron chi connectivity index (χ0n) is 20.4. The topological polar surface area (TPSA) is 171 Å². The largest absolute Gasteiger partial charge is 0.456 e. The number of halogens is 1. The van der Waals surface area contributed by atoms with E-state index in [4.69, 9.17) is 21.1 Å². The van der Waals surface area contributed by atoms with E-state index < -0.39 is 52.3 Å². The number of nitro benzene ring substituents is 1. The van der Waals surface area contributed by atoms with Crippen molar-refractivity contribution in [2.24, 2.45) is 0 Å². The molecule has 0 aliphatic heterocycles. The molecular weight excluding hydrogens is 554 g/mol. The van der Waals surface area contributed by atoms with Crippen LogP contribution in [-0.2, 0) is 24.3 Å². The normalized spacial score (nSPS) is 10.9. The fourth-order valence-corrected chi connectivity index (χ4v) is 4.23. The van der Waals surface area contributed by atoms with E-state index in [1.165, 1.54) is 54.6 Å². The van der Waals surface area contributed by atoms with Crippen molar-refractivity contribution in [3.05, 3.63) is 93.0 Å². The van der Waals surface area contributed by atoms with Crippen molar-refractivity contribution in [3.8, 4) is 11.5 Å². The molecule has 0 aliphatic rings. The molecule has 0 aromatic heterocycles. The Labute approximate surface area is 228 Å². The molecule has 0 atom stereocenters. The molecule has 0 saturated heterocycles. The van der Waals surface area contributed by atoms with E-state index in [2.05, 4.69) is 10.0 Å². The van der Waals surface area contributed by atoms with Crippen LogP contribution in [0.15, 0.2) is 71.6 Å². The van der Waals surface area contributed by atoms with Crippen LogP contribution in [0.2, 0.25) is 5.02 Å². The van der Waals surface area contributed by atoms with E-state index in [1.807, 2.05) is 0 Å². The van der Waals surface area contributed by atoms with E-state index in [1.54, 1.807) is 19.1 Å². The highest BCUT2D eigenvalue weighted by molar-refractivity contribution is 7.89. The predicted octanol–water partition coefficient (Wildman–Crippen LogP) is 3.17. The molecule has 0 saturated carbocycles. The molecule has 204 valence electrons. The smallest absolute Gasteiger partial charge is 0.325 e. The molecule has 0 spiro atoms. The number of hydrogen-bond donors (Lipinski definition) is 2. The van der Waals surface area contributed by atoms with Crippen molar-refractivity contribution in [2.45, 2.75) is 11.8 Å². The summed E-state index contributed by atoms with van der Waals surface area (Å²) in [4.78, 5) is 46.7. The Morgan fingerprint density at radius 1 is 0.974 bits per heavy atom. The van der Waals surface area contributed by atoms with Crippen molar-refractivity contribution in [1.29, 1.82) is 0 Å². The van der Waals surface area contributed by atoms with Gasteiger partial charge in [-0.05, 0) is 49.4 Å². The fraction of sp³-hybridized carbons (Fsp3) is 0.160. The van der Waals surface area contributed by atoms with Gasteiger partial charge in [0.25, 0.3) is 0 Å². The summed E-state index contributed by atoms with van der Waals surface area (Å²) in [5, 5.41) is 13.4. The molecule has 2 N–H and O–H groups in total. The number of ketones is 1. The molecule has 3 aromatic rings. The van der Waals surface area contributed by atoms with Crippen molar-refractivity contribution >= 4 is 45.0 Å². The van der Waals surface area contributed by atoms with Crippen LogP contribution in [0.4, 0.5) is 5.69 Å². The average Bonchev–Trinajstić information content (AvgIpc) is 2.91. The van der Waals surface area contributed by atoms with Gasteiger partial charge in [-0.15, -0.1) is 0 Å². The van der Waals surface area contributed by atoms with Gasteiger partial charge in [-0.2, -0.15) is 0 Å². The summed E-state index contributed by atoms with van der Waals surface area (Å²) < 4.78 is 36.9. The Bertz CT molecular complexity index is 1490.